The van der Waals surface area contributed by atoms with Crippen molar-refractivity contribution in [1.29, 1.82) is 0 Å². The van der Waals surface area contributed by atoms with Crippen molar-refractivity contribution in [2.24, 2.45) is 0 Å². The molecule has 0 unspecified atom stereocenters. The molecule has 8 rings (SSSR count). The van der Waals surface area contributed by atoms with Gasteiger partial charge in [-0.05, 0) is 74.9 Å². The van der Waals surface area contributed by atoms with Crippen LogP contribution in [0.15, 0.2) is 92.5 Å². The number of hydrogen-bond acceptors (Lipinski definition) is 17. The van der Waals surface area contributed by atoms with Crippen LogP contribution >= 0.6 is 34.8 Å². The number of aromatic amines is 1. The number of carbonyl (C=O) groups is 3. The number of unbranched alkanes of at least 4 members (excludes halogenated alkanes) is 1. The van der Waals surface area contributed by atoms with Crippen LogP contribution in [0.4, 0.5) is 26.3 Å². The first-order valence-electron chi connectivity index (χ1n) is 29.7. The Kier molecular flexibility index (Phi) is 38.8. The van der Waals surface area contributed by atoms with E-state index in [0.717, 1.165) is 41.7 Å². The van der Waals surface area contributed by atoms with Crippen molar-refractivity contribution < 1.29 is 98.8 Å². The fourth-order valence-corrected chi connectivity index (χ4v) is 8.91. The molecule has 0 fully saturated rings. The number of alkyl halides is 9. The van der Waals surface area contributed by atoms with Crippen LogP contribution in [0.2, 0.25) is 0 Å². The third-order valence-electron chi connectivity index (χ3n) is 12.8. The van der Waals surface area contributed by atoms with Gasteiger partial charge in [-0.2, -0.15) is 43.0 Å². The number of benzene rings is 2. The van der Waals surface area contributed by atoms with Gasteiger partial charge in [0.25, 0.3) is 11.1 Å². The minimum atomic E-state index is -4.47. The number of hydrogen-bond donors (Lipinski definition) is 1. The molecule has 2 aromatic carbocycles. The van der Waals surface area contributed by atoms with Crippen molar-refractivity contribution in [3.8, 4) is 22.8 Å². The fourth-order valence-electron chi connectivity index (χ4n) is 8.61. The zero-order valence-electron chi connectivity index (χ0n) is 54.4. The maximum Gasteiger partial charge on any atom is 1.00 e. The molecule has 8 aromatic rings. The third-order valence-corrected chi connectivity index (χ3v) is 13.3. The topological polar surface area (TPSA) is 285 Å². The largest absolute Gasteiger partial charge is 1.00 e. The zero-order chi connectivity index (χ0) is 70.8. The first-order chi connectivity index (χ1) is 45.4. The number of nitrogens with one attached hydrogen (secondary N) is 1. The molecule has 6 aromatic heterocycles. The van der Waals surface area contributed by atoms with E-state index in [1.165, 1.54) is 52.2 Å². The Balaban J connectivity index is 0.000000501. The smallest absolute Gasteiger partial charge is 0.542 e. The molecular formula is C61H76Cl3F6N12NaO13. The van der Waals surface area contributed by atoms with Crippen molar-refractivity contribution in [3.05, 3.63) is 137 Å². The molecule has 0 radical (unpaired) electrons. The Labute approximate surface area is 584 Å². The van der Waals surface area contributed by atoms with Crippen LogP contribution in [-0.4, -0.2) is 114 Å². The molecule has 0 bridgehead atoms. The van der Waals surface area contributed by atoms with E-state index in [2.05, 4.69) is 39.4 Å². The minimum absolute atomic E-state index is 0. The van der Waals surface area contributed by atoms with Gasteiger partial charge in [-0.25, -0.2) is 19.6 Å². The van der Waals surface area contributed by atoms with Gasteiger partial charge in [0.1, 0.15) is 48.9 Å². The summed E-state index contributed by atoms with van der Waals surface area (Å²) >= 11 is 15.1. The van der Waals surface area contributed by atoms with Gasteiger partial charge in [-0.1, -0.05) is 100 Å². The van der Waals surface area contributed by atoms with E-state index in [9.17, 15) is 59.9 Å². The summed E-state index contributed by atoms with van der Waals surface area (Å²) in [4.78, 5) is 104. The van der Waals surface area contributed by atoms with Crippen molar-refractivity contribution in [2.45, 2.75) is 158 Å². The van der Waals surface area contributed by atoms with Crippen molar-refractivity contribution >= 4 is 82.1 Å². The molecule has 0 aliphatic heterocycles. The molecule has 35 heteroatoms. The fraction of sp³-hybridized carbons (Fsp3) is 0.475. The molecule has 6 heterocycles. The molecule has 522 valence electrons. The summed E-state index contributed by atoms with van der Waals surface area (Å²) < 4.78 is 112. The maximum absolute atomic E-state index is 13.5. The number of imidazole rings is 2. The average Bonchev–Trinajstić information content (AvgIpc) is 1.60. The number of nitrogens with zero attached hydrogens (tertiary/aromatic N) is 11. The second-order valence-corrected chi connectivity index (χ2v) is 20.4. The molecule has 0 aliphatic rings. The Bertz CT molecular complexity index is 3940. The minimum Gasteiger partial charge on any atom is -0.542 e. The molecule has 0 aliphatic carbocycles. The summed E-state index contributed by atoms with van der Waals surface area (Å²) in [6.07, 6.45) is 3.82. The van der Waals surface area contributed by atoms with Crippen molar-refractivity contribution in [3.63, 3.8) is 0 Å². The Morgan fingerprint density at radius 3 is 1.49 bits per heavy atom. The van der Waals surface area contributed by atoms with Crippen LogP contribution in [0.5, 0.6) is 0 Å². The quantitative estimate of drug-likeness (QED) is 0.00975. The average molecular weight is 1430 g/mol. The number of ether oxygens (including phenoxy) is 5. The Morgan fingerprint density at radius 2 is 1.06 bits per heavy atom. The molecule has 96 heavy (non-hydrogen) atoms. The number of aryl methyl sites for hydroxylation is 2. The number of aromatic nitrogens is 12. The van der Waals surface area contributed by atoms with E-state index in [4.69, 9.17) is 49.1 Å². The van der Waals surface area contributed by atoms with E-state index in [0.29, 0.717) is 73.3 Å². The van der Waals surface area contributed by atoms with Crippen LogP contribution in [-0.2, 0) is 101 Å². The molecule has 0 saturated carbocycles. The van der Waals surface area contributed by atoms with Crippen molar-refractivity contribution in [2.75, 3.05) is 31.8 Å². The first-order valence-corrected chi connectivity index (χ1v) is 31.3. The molecular weight excluding hydrogens is 1350 g/mol. The van der Waals surface area contributed by atoms with Crippen LogP contribution in [0, 0.1) is 0 Å². The summed E-state index contributed by atoms with van der Waals surface area (Å²) in [5.41, 5.74) is -0.779. The molecule has 1 N–H and O–H groups in total. The SMILES string of the molecule is C=O.CCCC(=O)OCOCCl.CCCC(=O)OCOCn1c(-c2cnn(Cc3cccc(C(F)(F)F)c3)c2)nc2c1c(=O)n(CCC)c(=O)n2CC.CCC[C-]=O.CCCn1c(=O)c2[nH]c(-c3cnn(Cc4cccc(C(F)(F)F)c4)c3)nc2n(CC)c1=O.ClCOCCl.[Na+]. The van der Waals surface area contributed by atoms with E-state index >= 15 is 0 Å². The monoisotopic (exact) mass is 1430 g/mol. The number of esters is 2. The molecule has 0 spiro atoms. The van der Waals surface area contributed by atoms with Gasteiger partial charge in [0, 0.05) is 51.4 Å². The number of carbonyl (C=O) groups excluding carboxylic acids is 4. The van der Waals surface area contributed by atoms with Gasteiger partial charge < -0.3 is 38.3 Å². The predicted molar refractivity (Wildman–Crippen MR) is 343 cm³/mol. The third kappa shape index (κ3) is 25.3. The van der Waals surface area contributed by atoms with Gasteiger partial charge in [-0.3, -0.25) is 57.7 Å². The molecule has 0 amide bonds. The second-order valence-electron chi connectivity index (χ2n) is 19.8. The second kappa shape index (κ2) is 43.8. The number of halogens is 9. The summed E-state index contributed by atoms with van der Waals surface area (Å²) in [6, 6.07) is 10.4. The Morgan fingerprint density at radius 1 is 0.594 bits per heavy atom. The molecule has 0 saturated heterocycles. The van der Waals surface area contributed by atoms with E-state index in [1.54, 1.807) is 44.7 Å². The number of H-pyrrole nitrogens is 1. The Hall–Kier alpha value is -7.23. The first kappa shape index (κ1) is 84.9. The summed E-state index contributed by atoms with van der Waals surface area (Å²) in [5, 5.41) is 8.48. The van der Waals surface area contributed by atoms with E-state index < -0.39 is 51.9 Å². The molecule has 25 nitrogen and oxygen atoms in total. The summed E-state index contributed by atoms with van der Waals surface area (Å²) in [5.74, 6) is -0.0665. The van der Waals surface area contributed by atoms with Crippen LogP contribution < -0.4 is 52.1 Å². The van der Waals surface area contributed by atoms with Crippen LogP contribution in [0.1, 0.15) is 122 Å². The van der Waals surface area contributed by atoms with E-state index in [-0.39, 0.29) is 135 Å². The maximum atomic E-state index is 13.5. The van der Waals surface area contributed by atoms with Crippen LogP contribution in [0.3, 0.4) is 0 Å². The summed E-state index contributed by atoms with van der Waals surface area (Å²) in [6.45, 7) is 15.6. The van der Waals surface area contributed by atoms with Gasteiger partial charge in [0.05, 0.1) is 47.7 Å². The van der Waals surface area contributed by atoms with Crippen LogP contribution in [0.25, 0.3) is 45.1 Å². The summed E-state index contributed by atoms with van der Waals surface area (Å²) in [7, 11) is 0. The van der Waals surface area contributed by atoms with Gasteiger partial charge in [0.2, 0.25) is 0 Å². The predicted octanol–water partition coefficient (Wildman–Crippen LogP) is 7.85. The van der Waals surface area contributed by atoms with Gasteiger partial charge in [-0.15, -0.1) is 0 Å². The zero-order valence-corrected chi connectivity index (χ0v) is 58.7. The normalized spacial score (nSPS) is 10.9. The van der Waals surface area contributed by atoms with E-state index in [1.807, 2.05) is 41.4 Å². The van der Waals surface area contributed by atoms with Crippen molar-refractivity contribution in [1.82, 2.24) is 57.3 Å². The number of fused-ring (bicyclic) bond motifs is 2. The molecule has 0 atom stereocenters. The number of rotatable bonds is 27. The van der Waals surface area contributed by atoms with Gasteiger partial charge >= 0.3 is 65.2 Å². The standard InChI is InChI=1S/C27H31F3N6O5.C21H21F3N6O2.C6H11ClO3.C4H7O.C2H4Cl2O.CH2O.Na/c1-4-8-21(37)41-17-40-16-36-22-24(34(6-3)26(39)35(11-5-2)25(22)38)32-23(36)19-13-31-33(15-19)14-18-9-7-10-20(12-18)27(28,29)30;1-3-8-30-19(31)16-18(29(4-2)20(30)32)27-17(26-16)14-10-25-28(12-14)11-13-6-5-7-15(9-13)21(22,23)24;1-2-3-6(8)10-5-9-4-7;1-2-3-4-5;3-1-5-2-4;1-2;/h7,9-10,12-13,15H,4-6,8,11,14,16-17H2,1-3H3;5-7,9-10,12H,3-4,8,11H2,1-2H3,(H,26,27);2-5H2,1H3;2-3H2,1H3;1-2H2;1H2;/q;;;-1;;;+1. The van der Waals surface area contributed by atoms with Gasteiger partial charge in [0.15, 0.2) is 30.4 Å².